The van der Waals surface area contributed by atoms with Crippen molar-refractivity contribution >= 4 is 17.4 Å². The molecule has 0 unspecified atom stereocenters. The SMILES string of the molecule is O=C(Nc1cccc(F)c1)c1ccc(NCc2ccncc2)nn1. The molecule has 0 saturated carbocycles. The zero-order valence-corrected chi connectivity index (χ0v) is 12.6. The molecule has 2 N–H and O–H groups in total. The Morgan fingerprint density at radius 2 is 1.88 bits per heavy atom. The maximum atomic E-state index is 13.1. The van der Waals surface area contributed by atoms with Gasteiger partial charge >= 0.3 is 0 Å². The van der Waals surface area contributed by atoms with E-state index in [4.69, 9.17) is 0 Å². The Morgan fingerprint density at radius 1 is 1.04 bits per heavy atom. The van der Waals surface area contributed by atoms with E-state index < -0.39 is 11.7 Å². The second-order valence-electron chi connectivity index (χ2n) is 4.98. The molecule has 0 atom stereocenters. The first-order valence-electron chi connectivity index (χ1n) is 7.24. The average Bonchev–Trinajstić information content (AvgIpc) is 2.61. The van der Waals surface area contributed by atoms with Crippen molar-refractivity contribution in [2.24, 2.45) is 0 Å². The van der Waals surface area contributed by atoms with Gasteiger partial charge in [-0.25, -0.2) is 4.39 Å². The molecule has 0 radical (unpaired) electrons. The summed E-state index contributed by atoms with van der Waals surface area (Å²) in [6.07, 6.45) is 3.42. The molecule has 1 aromatic carbocycles. The first kappa shape index (κ1) is 15.5. The number of anilines is 2. The van der Waals surface area contributed by atoms with E-state index >= 15 is 0 Å². The van der Waals surface area contributed by atoms with Crippen LogP contribution in [-0.4, -0.2) is 21.1 Å². The predicted octanol–water partition coefficient (Wildman–Crippen LogP) is 2.88. The van der Waals surface area contributed by atoms with Gasteiger partial charge in [0.05, 0.1) is 0 Å². The zero-order valence-electron chi connectivity index (χ0n) is 12.6. The van der Waals surface area contributed by atoms with E-state index in [0.29, 0.717) is 18.1 Å². The van der Waals surface area contributed by atoms with E-state index in [9.17, 15) is 9.18 Å². The van der Waals surface area contributed by atoms with Gasteiger partial charge in [0.15, 0.2) is 5.69 Å². The maximum Gasteiger partial charge on any atom is 0.276 e. The van der Waals surface area contributed by atoms with E-state index in [1.54, 1.807) is 30.6 Å². The standard InChI is InChI=1S/C17H14FN5O/c18-13-2-1-3-14(10-13)21-17(24)15-4-5-16(23-22-15)20-11-12-6-8-19-9-7-12/h1-10H,11H2,(H,20,23)(H,21,24). The second kappa shape index (κ2) is 7.28. The van der Waals surface area contributed by atoms with E-state index in [1.807, 2.05) is 12.1 Å². The van der Waals surface area contributed by atoms with Crippen LogP contribution in [0.5, 0.6) is 0 Å². The van der Waals surface area contributed by atoms with Crippen LogP contribution >= 0.6 is 0 Å². The number of hydrogen-bond donors (Lipinski definition) is 2. The molecular weight excluding hydrogens is 309 g/mol. The van der Waals surface area contributed by atoms with Crippen LogP contribution in [0.4, 0.5) is 15.9 Å². The molecule has 2 aromatic heterocycles. The van der Waals surface area contributed by atoms with Crippen molar-refractivity contribution in [3.05, 3.63) is 78.0 Å². The smallest absolute Gasteiger partial charge is 0.276 e. The minimum atomic E-state index is -0.450. The van der Waals surface area contributed by atoms with Crippen LogP contribution in [0, 0.1) is 5.82 Å². The molecule has 6 nitrogen and oxygen atoms in total. The molecule has 0 spiro atoms. The number of nitrogens with one attached hydrogen (secondary N) is 2. The highest BCUT2D eigenvalue weighted by atomic mass is 19.1. The van der Waals surface area contributed by atoms with E-state index in [0.717, 1.165) is 5.56 Å². The lowest BCUT2D eigenvalue weighted by molar-refractivity contribution is 0.102. The van der Waals surface area contributed by atoms with Crippen molar-refractivity contribution in [1.82, 2.24) is 15.2 Å². The fourth-order valence-corrected chi connectivity index (χ4v) is 2.00. The molecule has 0 aliphatic rings. The fourth-order valence-electron chi connectivity index (χ4n) is 2.00. The summed E-state index contributed by atoms with van der Waals surface area (Å²) in [5.74, 6) is -0.322. The van der Waals surface area contributed by atoms with Crippen LogP contribution in [0.1, 0.15) is 16.1 Å². The van der Waals surface area contributed by atoms with E-state index in [2.05, 4.69) is 25.8 Å². The first-order valence-corrected chi connectivity index (χ1v) is 7.24. The summed E-state index contributed by atoms with van der Waals surface area (Å²) in [4.78, 5) is 16.0. The third-order valence-electron chi connectivity index (χ3n) is 3.20. The number of rotatable bonds is 5. The van der Waals surface area contributed by atoms with Crippen LogP contribution in [0.15, 0.2) is 60.9 Å². The van der Waals surface area contributed by atoms with Crippen molar-refractivity contribution < 1.29 is 9.18 Å². The van der Waals surface area contributed by atoms with E-state index in [1.165, 1.54) is 18.2 Å². The van der Waals surface area contributed by atoms with Gasteiger partial charge < -0.3 is 10.6 Å². The molecule has 3 aromatic rings. The lowest BCUT2D eigenvalue weighted by Gasteiger charge is -2.06. The van der Waals surface area contributed by atoms with Crippen LogP contribution in [0.3, 0.4) is 0 Å². The van der Waals surface area contributed by atoms with Crippen LogP contribution in [-0.2, 0) is 6.54 Å². The molecule has 24 heavy (non-hydrogen) atoms. The van der Waals surface area contributed by atoms with Crippen molar-refractivity contribution in [1.29, 1.82) is 0 Å². The molecule has 120 valence electrons. The maximum absolute atomic E-state index is 13.1. The fraction of sp³-hybridized carbons (Fsp3) is 0.0588. The van der Waals surface area contributed by atoms with Gasteiger partial charge in [0, 0.05) is 24.6 Å². The number of carbonyl (C=O) groups excluding carboxylic acids is 1. The predicted molar refractivity (Wildman–Crippen MR) is 87.9 cm³/mol. The summed E-state index contributed by atoms with van der Waals surface area (Å²) < 4.78 is 13.1. The summed E-state index contributed by atoms with van der Waals surface area (Å²) in [7, 11) is 0. The topological polar surface area (TPSA) is 79.8 Å². The molecule has 0 saturated heterocycles. The van der Waals surface area contributed by atoms with Crippen molar-refractivity contribution in [2.75, 3.05) is 10.6 Å². The summed E-state index contributed by atoms with van der Waals surface area (Å²) >= 11 is 0. The average molecular weight is 323 g/mol. The molecule has 0 aliphatic heterocycles. The minimum absolute atomic E-state index is 0.147. The van der Waals surface area contributed by atoms with Gasteiger partial charge in [-0.15, -0.1) is 10.2 Å². The second-order valence-corrected chi connectivity index (χ2v) is 4.98. The van der Waals surface area contributed by atoms with Crippen molar-refractivity contribution in [3.63, 3.8) is 0 Å². The number of pyridine rings is 1. The van der Waals surface area contributed by atoms with Gasteiger partial charge in [-0.3, -0.25) is 9.78 Å². The zero-order chi connectivity index (χ0) is 16.8. The van der Waals surface area contributed by atoms with Gasteiger partial charge in [-0.1, -0.05) is 6.07 Å². The summed E-state index contributed by atoms with van der Waals surface area (Å²) in [5, 5.41) is 13.5. The normalized spacial score (nSPS) is 10.2. The minimum Gasteiger partial charge on any atom is -0.365 e. The van der Waals surface area contributed by atoms with Crippen molar-refractivity contribution in [2.45, 2.75) is 6.54 Å². The molecule has 1 amide bonds. The number of amides is 1. The Balaban J connectivity index is 1.60. The first-order chi connectivity index (χ1) is 11.7. The van der Waals surface area contributed by atoms with Gasteiger partial charge in [0.25, 0.3) is 5.91 Å². The quantitative estimate of drug-likeness (QED) is 0.755. The molecule has 0 aliphatic carbocycles. The molecule has 0 fully saturated rings. The number of hydrogen-bond acceptors (Lipinski definition) is 5. The largest absolute Gasteiger partial charge is 0.365 e. The Morgan fingerprint density at radius 3 is 2.58 bits per heavy atom. The number of halogens is 1. The highest BCUT2D eigenvalue weighted by Crippen LogP contribution is 2.11. The Labute approximate surface area is 137 Å². The highest BCUT2D eigenvalue weighted by Gasteiger charge is 2.09. The number of carbonyl (C=O) groups is 1. The monoisotopic (exact) mass is 323 g/mol. The van der Waals surface area contributed by atoms with Crippen LogP contribution in [0.25, 0.3) is 0 Å². The summed E-state index contributed by atoms with van der Waals surface area (Å²) in [5.41, 5.74) is 1.56. The van der Waals surface area contributed by atoms with Gasteiger partial charge in [0.1, 0.15) is 11.6 Å². The lowest BCUT2D eigenvalue weighted by atomic mass is 10.2. The number of benzene rings is 1. The molecule has 2 heterocycles. The third-order valence-corrected chi connectivity index (χ3v) is 3.20. The lowest BCUT2D eigenvalue weighted by Crippen LogP contribution is -2.15. The van der Waals surface area contributed by atoms with Crippen LogP contribution < -0.4 is 10.6 Å². The van der Waals surface area contributed by atoms with Gasteiger partial charge in [-0.2, -0.15) is 0 Å². The molecule has 7 heteroatoms. The van der Waals surface area contributed by atoms with Crippen molar-refractivity contribution in [3.8, 4) is 0 Å². The van der Waals surface area contributed by atoms with E-state index in [-0.39, 0.29) is 5.69 Å². The molecule has 0 bridgehead atoms. The highest BCUT2D eigenvalue weighted by molar-refractivity contribution is 6.02. The number of aromatic nitrogens is 3. The summed E-state index contributed by atoms with van der Waals surface area (Å²) in [6, 6.07) is 12.6. The van der Waals surface area contributed by atoms with Crippen LogP contribution in [0.2, 0.25) is 0 Å². The van der Waals surface area contributed by atoms with Gasteiger partial charge in [-0.05, 0) is 48.0 Å². The summed E-state index contributed by atoms with van der Waals surface area (Å²) in [6.45, 7) is 0.575. The Bertz CT molecular complexity index is 824. The Hall–Kier alpha value is -3.35. The third kappa shape index (κ3) is 4.10. The Kier molecular flexibility index (Phi) is 4.71. The van der Waals surface area contributed by atoms with Gasteiger partial charge in [0.2, 0.25) is 0 Å². The number of nitrogens with zero attached hydrogens (tertiary/aromatic N) is 3. The molecule has 3 rings (SSSR count). The molecular formula is C17H14FN5O.